The Bertz CT molecular complexity index is 546. The fraction of sp³-hybridized carbons (Fsp3) is 0. The first-order chi connectivity index (χ1) is 6.45. The molecule has 0 saturated heterocycles. The molecule has 0 aromatic heterocycles. The number of rotatable bonds is 0. The van der Waals surface area contributed by atoms with Gasteiger partial charge in [0.2, 0.25) is 0 Å². The van der Waals surface area contributed by atoms with E-state index in [4.69, 9.17) is 0 Å². The number of benzene rings is 2. The Hall–Kier alpha value is -1.30. The van der Waals surface area contributed by atoms with E-state index in [1.807, 2.05) is 0 Å². The van der Waals surface area contributed by atoms with Gasteiger partial charge in [0.25, 0.3) is 0 Å². The number of hydrogen-bond donors (Lipinski definition) is 1. The summed E-state index contributed by atoms with van der Waals surface area (Å²) in [6.07, 6.45) is 2.07. The van der Waals surface area contributed by atoms with Crippen LogP contribution in [-0.2, 0) is 0 Å². The Balaban J connectivity index is 2.52. The van der Waals surface area contributed by atoms with E-state index in [-0.39, 0.29) is 0 Å². The first-order valence-electron chi connectivity index (χ1n) is 4.26. The zero-order chi connectivity index (χ0) is 8.67. The lowest BCUT2D eigenvalue weighted by Gasteiger charge is -2.02. The Kier molecular flexibility index (Phi) is 1.42. The lowest BCUT2D eigenvalue weighted by molar-refractivity contribution is 1.52. The van der Waals surface area contributed by atoms with Gasteiger partial charge in [0.15, 0.2) is 0 Å². The highest BCUT2D eigenvalue weighted by atomic mass is 32.1. The number of hydrogen-bond acceptors (Lipinski definition) is 0. The van der Waals surface area contributed by atoms with Crippen molar-refractivity contribution in [2.75, 3.05) is 0 Å². The molecule has 1 heterocycles. The number of thiol groups is 1. The third-order valence-electron chi connectivity index (χ3n) is 2.33. The van der Waals surface area contributed by atoms with Gasteiger partial charge < -0.3 is 0 Å². The van der Waals surface area contributed by atoms with Crippen molar-refractivity contribution in [3.05, 3.63) is 42.0 Å². The van der Waals surface area contributed by atoms with Crippen molar-refractivity contribution in [1.29, 1.82) is 0 Å². The van der Waals surface area contributed by atoms with Gasteiger partial charge in [-0.05, 0) is 22.4 Å². The van der Waals surface area contributed by atoms with Crippen LogP contribution in [0.25, 0.3) is 16.8 Å². The minimum atomic E-state index is 1.21. The second kappa shape index (κ2) is 2.59. The predicted octanol–water partition coefficient (Wildman–Crippen LogP) is 3.09. The predicted molar refractivity (Wildman–Crippen MR) is 60.7 cm³/mol. The lowest BCUT2D eigenvalue weighted by atomic mass is 10.1. The Labute approximate surface area is 80.5 Å². The molecule has 0 saturated carbocycles. The van der Waals surface area contributed by atoms with Crippen molar-refractivity contribution in [3.8, 4) is 0 Å². The molecule has 0 atom stereocenters. The first-order valence-corrected chi connectivity index (χ1v) is 5.16. The summed E-state index contributed by atoms with van der Waals surface area (Å²) in [7, 11) is 0. The van der Waals surface area contributed by atoms with Crippen LogP contribution in [0.1, 0.15) is 5.56 Å². The largest absolute Gasteiger partial charge is 0.125 e. The molecule has 0 spiro atoms. The average molecular weight is 184 g/mol. The van der Waals surface area contributed by atoms with Crippen LogP contribution in [0, 0.1) is 0 Å². The van der Waals surface area contributed by atoms with Crippen molar-refractivity contribution < 1.29 is 0 Å². The molecule has 0 nitrogen and oxygen atoms in total. The highest BCUT2D eigenvalue weighted by Crippen LogP contribution is 2.30. The van der Waals surface area contributed by atoms with Gasteiger partial charge in [-0.2, -0.15) is 0 Å². The SMILES string of the molecule is C1=Cc2ccc3ccccc3c2[SH]=1. The quantitative estimate of drug-likeness (QED) is 0.403. The molecule has 0 fully saturated rings. The van der Waals surface area contributed by atoms with Crippen molar-refractivity contribution >= 4 is 33.2 Å². The van der Waals surface area contributed by atoms with E-state index in [9.17, 15) is 0 Å². The molecule has 1 aliphatic heterocycles. The molecule has 0 N–H and O–H groups in total. The van der Waals surface area contributed by atoms with Crippen molar-refractivity contribution in [2.45, 2.75) is 4.90 Å². The second-order valence-electron chi connectivity index (χ2n) is 3.11. The van der Waals surface area contributed by atoms with Crippen LogP contribution in [0.4, 0.5) is 0 Å². The standard InChI is InChI=1S/C12H8S/c1-2-4-11-9(3-1)5-6-10-7-8-13-12(10)11/h1-7,13H. The maximum Gasteiger partial charge on any atom is 0.0217 e. The van der Waals surface area contributed by atoms with Crippen LogP contribution in [0.5, 0.6) is 0 Å². The van der Waals surface area contributed by atoms with Gasteiger partial charge in [-0.3, -0.25) is 0 Å². The molecule has 2 aromatic rings. The summed E-state index contributed by atoms with van der Waals surface area (Å²) in [5.74, 6) is 0. The smallest absolute Gasteiger partial charge is 0.0217 e. The molecular formula is C12H8S. The summed E-state index contributed by atoms with van der Waals surface area (Å²) >= 11 is 1.21. The van der Waals surface area contributed by atoms with Crippen LogP contribution in [0.15, 0.2) is 41.3 Å². The Morgan fingerprint density at radius 1 is 1.00 bits per heavy atom. The minimum absolute atomic E-state index is 1.21. The molecular weight excluding hydrogens is 176 g/mol. The van der Waals surface area contributed by atoms with Crippen LogP contribution in [-0.4, -0.2) is 5.02 Å². The average Bonchev–Trinajstić information content (AvgIpc) is 2.65. The van der Waals surface area contributed by atoms with Crippen molar-refractivity contribution in [3.63, 3.8) is 0 Å². The van der Waals surface area contributed by atoms with Crippen molar-refractivity contribution in [2.24, 2.45) is 0 Å². The summed E-state index contributed by atoms with van der Waals surface area (Å²) in [6, 6.07) is 12.9. The normalized spacial score (nSPS) is 12.9. The highest BCUT2D eigenvalue weighted by molar-refractivity contribution is 7.98. The molecule has 0 unspecified atom stereocenters. The maximum absolute atomic E-state index is 3.23. The zero-order valence-corrected chi connectivity index (χ0v) is 7.88. The van der Waals surface area contributed by atoms with E-state index < -0.39 is 0 Å². The van der Waals surface area contributed by atoms with E-state index in [0.717, 1.165) is 0 Å². The fourth-order valence-electron chi connectivity index (χ4n) is 1.68. The highest BCUT2D eigenvalue weighted by Gasteiger charge is 2.04. The molecule has 3 rings (SSSR count). The van der Waals surface area contributed by atoms with Crippen LogP contribution in [0.3, 0.4) is 0 Å². The van der Waals surface area contributed by atoms with Gasteiger partial charge in [-0.1, -0.05) is 41.4 Å². The maximum atomic E-state index is 3.23. The summed E-state index contributed by atoms with van der Waals surface area (Å²) in [5, 5.41) is 5.92. The molecule has 2 aromatic carbocycles. The molecule has 0 radical (unpaired) electrons. The Morgan fingerprint density at radius 2 is 1.92 bits per heavy atom. The van der Waals surface area contributed by atoms with E-state index >= 15 is 0 Å². The summed E-state index contributed by atoms with van der Waals surface area (Å²) < 4.78 is 0. The lowest BCUT2D eigenvalue weighted by Crippen LogP contribution is -1.77. The third-order valence-corrected chi connectivity index (χ3v) is 3.31. The monoisotopic (exact) mass is 184 g/mol. The van der Waals surface area contributed by atoms with Crippen LogP contribution < -0.4 is 0 Å². The molecule has 62 valence electrons. The van der Waals surface area contributed by atoms with Crippen LogP contribution >= 0.6 is 11.4 Å². The van der Waals surface area contributed by atoms with Gasteiger partial charge in [0.05, 0.1) is 0 Å². The minimum Gasteiger partial charge on any atom is -0.125 e. The van der Waals surface area contributed by atoms with Gasteiger partial charge in [-0.15, -0.1) is 11.4 Å². The fourth-order valence-corrected chi connectivity index (χ4v) is 2.60. The third kappa shape index (κ3) is 0.983. The van der Waals surface area contributed by atoms with Gasteiger partial charge in [-0.25, -0.2) is 0 Å². The number of fused-ring (bicyclic) bond motifs is 3. The topological polar surface area (TPSA) is 0 Å². The second-order valence-corrected chi connectivity index (χ2v) is 4.04. The summed E-state index contributed by atoms with van der Waals surface area (Å²) in [6.45, 7) is 0. The molecule has 0 amide bonds. The van der Waals surface area contributed by atoms with E-state index in [2.05, 4.69) is 47.5 Å². The van der Waals surface area contributed by atoms with Gasteiger partial charge in [0.1, 0.15) is 0 Å². The summed E-state index contributed by atoms with van der Waals surface area (Å²) in [4.78, 5) is 1.40. The van der Waals surface area contributed by atoms with E-state index in [1.165, 1.54) is 32.6 Å². The van der Waals surface area contributed by atoms with Gasteiger partial charge >= 0.3 is 0 Å². The first kappa shape index (κ1) is 7.14. The molecule has 1 aliphatic rings. The Morgan fingerprint density at radius 3 is 2.92 bits per heavy atom. The van der Waals surface area contributed by atoms with E-state index in [0.29, 0.717) is 0 Å². The van der Waals surface area contributed by atoms with E-state index in [1.54, 1.807) is 0 Å². The van der Waals surface area contributed by atoms with Crippen molar-refractivity contribution in [1.82, 2.24) is 0 Å². The summed E-state index contributed by atoms with van der Waals surface area (Å²) in [5.41, 5.74) is 1.32. The molecule has 13 heavy (non-hydrogen) atoms. The van der Waals surface area contributed by atoms with Gasteiger partial charge in [0, 0.05) is 4.90 Å². The molecule has 0 bridgehead atoms. The zero-order valence-electron chi connectivity index (χ0n) is 6.99. The molecule has 1 heteroatoms. The molecule has 0 aliphatic carbocycles. The van der Waals surface area contributed by atoms with Crippen LogP contribution in [0.2, 0.25) is 0 Å².